The van der Waals surface area contributed by atoms with Crippen molar-refractivity contribution >= 4 is 5.97 Å². The number of aliphatic hydroxyl groups is 1. The largest absolute Gasteiger partial charge is 0.466 e. The van der Waals surface area contributed by atoms with Crippen molar-refractivity contribution in [2.75, 3.05) is 6.61 Å². The fourth-order valence-electron chi connectivity index (χ4n) is 1.10. The summed E-state index contributed by atoms with van der Waals surface area (Å²) in [7, 11) is 0. The van der Waals surface area contributed by atoms with Crippen LogP contribution in [0.1, 0.15) is 26.7 Å². The van der Waals surface area contributed by atoms with E-state index in [0.29, 0.717) is 19.4 Å². The number of ether oxygens (including phenoxy) is 1. The van der Waals surface area contributed by atoms with Gasteiger partial charge in [0, 0.05) is 0 Å². The normalized spacial score (nSPS) is 14.7. The molecule has 0 fully saturated rings. The standard InChI is InChI=1S/C10H18O3/c1-4-6-7-9(8(3)11)10(12)13-5-2/h4,8-9,11H,1,5-7H2,2-3H3. The molecule has 76 valence electrons. The van der Waals surface area contributed by atoms with Gasteiger partial charge in [0.1, 0.15) is 0 Å². The highest BCUT2D eigenvalue weighted by Gasteiger charge is 2.23. The van der Waals surface area contributed by atoms with Crippen LogP contribution in [-0.4, -0.2) is 23.8 Å². The van der Waals surface area contributed by atoms with E-state index in [1.165, 1.54) is 0 Å². The van der Waals surface area contributed by atoms with Crippen LogP contribution in [0.25, 0.3) is 0 Å². The summed E-state index contributed by atoms with van der Waals surface area (Å²) in [4.78, 5) is 11.3. The monoisotopic (exact) mass is 186 g/mol. The van der Waals surface area contributed by atoms with Gasteiger partial charge in [-0.3, -0.25) is 4.79 Å². The number of allylic oxidation sites excluding steroid dienone is 1. The van der Waals surface area contributed by atoms with Crippen LogP contribution in [0.3, 0.4) is 0 Å². The third-order valence-corrected chi connectivity index (χ3v) is 1.85. The maximum Gasteiger partial charge on any atom is 0.311 e. The molecule has 3 heteroatoms. The van der Waals surface area contributed by atoms with Crippen molar-refractivity contribution in [1.82, 2.24) is 0 Å². The van der Waals surface area contributed by atoms with Crippen molar-refractivity contribution in [1.29, 1.82) is 0 Å². The van der Waals surface area contributed by atoms with Crippen LogP contribution in [0.5, 0.6) is 0 Å². The Kier molecular flexibility index (Phi) is 6.24. The molecule has 2 atom stereocenters. The predicted molar refractivity (Wildman–Crippen MR) is 51.2 cm³/mol. The molecular formula is C10H18O3. The quantitative estimate of drug-likeness (QED) is 0.505. The van der Waals surface area contributed by atoms with Gasteiger partial charge in [0.25, 0.3) is 0 Å². The summed E-state index contributed by atoms with van der Waals surface area (Å²) >= 11 is 0. The second kappa shape index (κ2) is 6.66. The zero-order valence-corrected chi connectivity index (χ0v) is 8.32. The third-order valence-electron chi connectivity index (χ3n) is 1.85. The van der Waals surface area contributed by atoms with Crippen molar-refractivity contribution in [3.8, 4) is 0 Å². The first kappa shape index (κ1) is 12.2. The molecule has 0 aliphatic heterocycles. The van der Waals surface area contributed by atoms with Crippen LogP contribution in [0, 0.1) is 5.92 Å². The summed E-state index contributed by atoms with van der Waals surface area (Å²) in [5.41, 5.74) is 0. The van der Waals surface area contributed by atoms with E-state index in [1.807, 2.05) is 0 Å². The molecule has 0 aromatic rings. The van der Waals surface area contributed by atoms with E-state index in [4.69, 9.17) is 4.74 Å². The minimum atomic E-state index is -0.654. The lowest BCUT2D eigenvalue weighted by Gasteiger charge is -2.16. The Hall–Kier alpha value is -0.830. The molecule has 0 saturated carbocycles. The average Bonchev–Trinajstić information content (AvgIpc) is 2.05. The van der Waals surface area contributed by atoms with E-state index in [-0.39, 0.29) is 5.97 Å². The summed E-state index contributed by atoms with van der Waals surface area (Å²) in [5.74, 6) is -0.739. The summed E-state index contributed by atoms with van der Waals surface area (Å²) in [6.45, 7) is 7.28. The predicted octanol–water partition coefficient (Wildman–Crippen LogP) is 1.51. The Bertz CT molecular complexity index is 164. The topological polar surface area (TPSA) is 46.5 Å². The van der Waals surface area contributed by atoms with E-state index in [0.717, 1.165) is 0 Å². The van der Waals surface area contributed by atoms with Crippen LogP contribution >= 0.6 is 0 Å². The third kappa shape index (κ3) is 4.68. The molecule has 0 heterocycles. The summed E-state index contributed by atoms with van der Waals surface area (Å²) < 4.78 is 4.83. The van der Waals surface area contributed by atoms with E-state index in [9.17, 15) is 9.90 Å². The van der Waals surface area contributed by atoms with E-state index < -0.39 is 12.0 Å². The van der Waals surface area contributed by atoms with Crippen molar-refractivity contribution < 1.29 is 14.6 Å². The molecule has 0 saturated heterocycles. The SMILES string of the molecule is C=CCCC(C(=O)OCC)C(C)O. The number of esters is 1. The molecule has 0 bridgehead atoms. The van der Waals surface area contributed by atoms with Crippen LogP contribution in [0.2, 0.25) is 0 Å². The Balaban J connectivity index is 4.06. The van der Waals surface area contributed by atoms with Crippen LogP contribution in [0.4, 0.5) is 0 Å². The first-order valence-corrected chi connectivity index (χ1v) is 4.59. The number of carbonyl (C=O) groups excluding carboxylic acids is 1. The lowest BCUT2D eigenvalue weighted by atomic mass is 9.98. The van der Waals surface area contributed by atoms with Crippen molar-refractivity contribution in [3.63, 3.8) is 0 Å². The minimum absolute atomic E-state index is 0.320. The lowest BCUT2D eigenvalue weighted by molar-refractivity contribution is -0.151. The zero-order valence-electron chi connectivity index (χ0n) is 8.32. The van der Waals surface area contributed by atoms with Crippen LogP contribution < -0.4 is 0 Å². The maximum atomic E-state index is 11.3. The zero-order chi connectivity index (χ0) is 10.3. The molecule has 0 radical (unpaired) electrons. The second-order valence-corrected chi connectivity index (χ2v) is 2.97. The first-order valence-electron chi connectivity index (χ1n) is 4.59. The molecule has 0 aromatic carbocycles. The molecule has 13 heavy (non-hydrogen) atoms. The Labute approximate surface area is 79.4 Å². The Morgan fingerprint density at radius 1 is 1.69 bits per heavy atom. The Morgan fingerprint density at radius 2 is 2.31 bits per heavy atom. The minimum Gasteiger partial charge on any atom is -0.466 e. The second-order valence-electron chi connectivity index (χ2n) is 2.97. The summed E-state index contributed by atoms with van der Waals surface area (Å²) in [5, 5.41) is 9.30. The van der Waals surface area contributed by atoms with Crippen LogP contribution in [-0.2, 0) is 9.53 Å². The number of carbonyl (C=O) groups is 1. The molecule has 0 aromatic heterocycles. The van der Waals surface area contributed by atoms with Gasteiger partial charge < -0.3 is 9.84 Å². The first-order chi connectivity index (χ1) is 6.13. The number of hydrogen-bond acceptors (Lipinski definition) is 3. The molecule has 2 unspecified atom stereocenters. The van der Waals surface area contributed by atoms with Gasteiger partial charge in [-0.25, -0.2) is 0 Å². The summed E-state index contributed by atoms with van der Waals surface area (Å²) in [6.07, 6.45) is 2.39. The number of hydrogen-bond donors (Lipinski definition) is 1. The number of rotatable bonds is 6. The highest BCUT2D eigenvalue weighted by atomic mass is 16.5. The Morgan fingerprint density at radius 3 is 2.69 bits per heavy atom. The lowest BCUT2D eigenvalue weighted by Crippen LogP contribution is -2.27. The van der Waals surface area contributed by atoms with Gasteiger partial charge in [0.05, 0.1) is 18.6 Å². The fourth-order valence-corrected chi connectivity index (χ4v) is 1.10. The summed E-state index contributed by atoms with van der Waals surface area (Å²) in [6, 6.07) is 0. The van der Waals surface area contributed by atoms with Gasteiger partial charge in [-0.05, 0) is 26.7 Å². The van der Waals surface area contributed by atoms with Gasteiger partial charge in [0.2, 0.25) is 0 Å². The van der Waals surface area contributed by atoms with Crippen molar-refractivity contribution in [2.24, 2.45) is 5.92 Å². The molecule has 0 aliphatic rings. The van der Waals surface area contributed by atoms with E-state index in [1.54, 1.807) is 19.9 Å². The molecule has 0 aliphatic carbocycles. The fraction of sp³-hybridized carbons (Fsp3) is 0.700. The number of aliphatic hydroxyl groups excluding tert-OH is 1. The molecular weight excluding hydrogens is 168 g/mol. The smallest absolute Gasteiger partial charge is 0.311 e. The van der Waals surface area contributed by atoms with Crippen LogP contribution in [0.15, 0.2) is 12.7 Å². The molecule has 0 rings (SSSR count). The van der Waals surface area contributed by atoms with Crippen molar-refractivity contribution in [3.05, 3.63) is 12.7 Å². The molecule has 1 N–H and O–H groups in total. The van der Waals surface area contributed by atoms with E-state index in [2.05, 4.69) is 6.58 Å². The molecule has 0 spiro atoms. The maximum absolute atomic E-state index is 11.3. The van der Waals surface area contributed by atoms with E-state index >= 15 is 0 Å². The highest BCUT2D eigenvalue weighted by molar-refractivity contribution is 5.73. The van der Waals surface area contributed by atoms with Crippen molar-refractivity contribution in [2.45, 2.75) is 32.8 Å². The van der Waals surface area contributed by atoms with Gasteiger partial charge in [-0.15, -0.1) is 6.58 Å². The van der Waals surface area contributed by atoms with Gasteiger partial charge in [-0.2, -0.15) is 0 Å². The van der Waals surface area contributed by atoms with Gasteiger partial charge in [-0.1, -0.05) is 6.08 Å². The average molecular weight is 186 g/mol. The van der Waals surface area contributed by atoms with Gasteiger partial charge in [0.15, 0.2) is 0 Å². The molecule has 3 nitrogen and oxygen atoms in total. The highest BCUT2D eigenvalue weighted by Crippen LogP contribution is 2.13. The van der Waals surface area contributed by atoms with Gasteiger partial charge >= 0.3 is 5.97 Å². The molecule has 0 amide bonds.